The molecule has 2 aromatic rings. The Bertz CT molecular complexity index is 835. The van der Waals surface area contributed by atoms with E-state index in [-0.39, 0.29) is 10.6 Å². The highest BCUT2D eigenvalue weighted by Gasteiger charge is 2.38. The molecule has 0 N–H and O–H groups in total. The van der Waals surface area contributed by atoms with Crippen molar-refractivity contribution >= 4 is 34.7 Å². The Kier molecular flexibility index (Phi) is 4.15. The molecule has 1 saturated heterocycles. The number of halogens is 3. The summed E-state index contributed by atoms with van der Waals surface area (Å²) >= 11 is 0.682. The molecular weight excluding hydrogens is 341 g/mol. The summed E-state index contributed by atoms with van der Waals surface area (Å²) in [5.74, 6) is -0.652. The summed E-state index contributed by atoms with van der Waals surface area (Å²) in [7, 11) is 0. The first-order chi connectivity index (χ1) is 11.4. The standard InChI is InChI=1S/C16H9F3N2O2S/c17-16(18,19)11-2-1-3-12(9-11)21-14(22)13(24-15(21)23)8-10-4-6-20-7-5-10/h1-9H/b13-8-. The van der Waals surface area contributed by atoms with Gasteiger partial charge in [-0.15, -0.1) is 0 Å². The van der Waals surface area contributed by atoms with Crippen LogP contribution in [0, 0.1) is 0 Å². The number of carbonyl (C=O) groups excluding carboxylic acids is 2. The van der Waals surface area contributed by atoms with Crippen LogP contribution in [0.3, 0.4) is 0 Å². The molecule has 122 valence electrons. The number of thioether (sulfide) groups is 1. The molecule has 0 radical (unpaired) electrons. The predicted molar refractivity (Wildman–Crippen MR) is 84.1 cm³/mol. The van der Waals surface area contributed by atoms with Gasteiger partial charge in [-0.3, -0.25) is 14.6 Å². The van der Waals surface area contributed by atoms with Crippen molar-refractivity contribution in [1.82, 2.24) is 4.98 Å². The lowest BCUT2D eigenvalue weighted by molar-refractivity contribution is -0.137. The molecule has 0 atom stereocenters. The van der Waals surface area contributed by atoms with Crippen molar-refractivity contribution in [3.05, 3.63) is 64.8 Å². The van der Waals surface area contributed by atoms with Gasteiger partial charge in [-0.25, -0.2) is 4.90 Å². The van der Waals surface area contributed by atoms with Gasteiger partial charge in [-0.2, -0.15) is 13.2 Å². The van der Waals surface area contributed by atoms with Crippen molar-refractivity contribution in [2.75, 3.05) is 4.90 Å². The van der Waals surface area contributed by atoms with E-state index in [1.54, 1.807) is 12.1 Å². The van der Waals surface area contributed by atoms with Crippen LogP contribution < -0.4 is 4.90 Å². The smallest absolute Gasteiger partial charge is 0.268 e. The fourth-order valence-electron chi connectivity index (χ4n) is 2.12. The maximum atomic E-state index is 12.8. The Morgan fingerprint density at radius 3 is 2.46 bits per heavy atom. The zero-order valence-corrected chi connectivity index (χ0v) is 12.8. The summed E-state index contributed by atoms with van der Waals surface area (Å²) in [5, 5.41) is -0.639. The largest absolute Gasteiger partial charge is 0.416 e. The van der Waals surface area contributed by atoms with Crippen LogP contribution in [0.25, 0.3) is 6.08 Å². The molecule has 0 saturated carbocycles. The maximum absolute atomic E-state index is 12.8. The van der Waals surface area contributed by atoms with Gasteiger partial charge >= 0.3 is 6.18 Å². The number of carbonyl (C=O) groups is 2. The Hall–Kier alpha value is -2.61. The van der Waals surface area contributed by atoms with E-state index in [0.29, 0.717) is 17.3 Å². The van der Waals surface area contributed by atoms with Crippen molar-refractivity contribution in [2.24, 2.45) is 0 Å². The monoisotopic (exact) mass is 350 g/mol. The molecule has 1 aromatic heterocycles. The van der Waals surface area contributed by atoms with Crippen LogP contribution in [0.2, 0.25) is 0 Å². The van der Waals surface area contributed by atoms with Crippen molar-refractivity contribution < 1.29 is 22.8 Å². The van der Waals surface area contributed by atoms with Crippen LogP contribution in [0.1, 0.15) is 11.1 Å². The number of aromatic nitrogens is 1. The average molecular weight is 350 g/mol. The number of amides is 2. The molecule has 0 unspecified atom stereocenters. The predicted octanol–water partition coefficient (Wildman–Crippen LogP) is 4.34. The minimum atomic E-state index is -4.55. The molecule has 2 amide bonds. The van der Waals surface area contributed by atoms with Crippen molar-refractivity contribution in [2.45, 2.75) is 6.18 Å². The first kappa shape index (κ1) is 16.3. The first-order valence-corrected chi connectivity index (χ1v) is 7.53. The number of hydrogen-bond acceptors (Lipinski definition) is 4. The van der Waals surface area contributed by atoms with Gasteiger partial charge in [0.2, 0.25) is 0 Å². The van der Waals surface area contributed by atoms with Crippen molar-refractivity contribution in [3.8, 4) is 0 Å². The second-order valence-corrected chi connectivity index (χ2v) is 5.84. The van der Waals surface area contributed by atoms with Crippen LogP contribution in [-0.4, -0.2) is 16.1 Å². The van der Waals surface area contributed by atoms with Gasteiger partial charge in [0.25, 0.3) is 11.1 Å². The quantitative estimate of drug-likeness (QED) is 0.756. The normalized spacial score (nSPS) is 17.0. The molecule has 4 nitrogen and oxygen atoms in total. The fourth-order valence-corrected chi connectivity index (χ4v) is 2.96. The number of nitrogens with zero attached hydrogens (tertiary/aromatic N) is 2. The van der Waals surface area contributed by atoms with Crippen LogP contribution >= 0.6 is 11.8 Å². The Labute approximate surface area is 139 Å². The van der Waals surface area contributed by atoms with Gasteiger partial charge in [0.1, 0.15) is 0 Å². The van der Waals surface area contributed by atoms with E-state index in [0.717, 1.165) is 23.1 Å². The number of pyridine rings is 1. The number of rotatable bonds is 2. The van der Waals surface area contributed by atoms with E-state index in [2.05, 4.69) is 4.98 Å². The van der Waals surface area contributed by atoms with Crippen molar-refractivity contribution in [1.29, 1.82) is 0 Å². The molecule has 0 bridgehead atoms. The van der Waals surface area contributed by atoms with Gasteiger partial charge in [0.15, 0.2) is 0 Å². The minimum absolute atomic E-state index is 0.106. The summed E-state index contributed by atoms with van der Waals surface area (Å²) in [4.78, 5) is 29.2. The molecule has 3 rings (SSSR count). The zero-order chi connectivity index (χ0) is 17.3. The summed E-state index contributed by atoms with van der Waals surface area (Å²) in [6.07, 6.45) is 0.0105. The van der Waals surface area contributed by atoms with E-state index in [4.69, 9.17) is 0 Å². The molecule has 1 fully saturated rings. The molecular formula is C16H9F3N2O2S. The highest BCUT2D eigenvalue weighted by atomic mass is 32.2. The lowest BCUT2D eigenvalue weighted by atomic mass is 10.2. The molecule has 8 heteroatoms. The third-order valence-corrected chi connectivity index (χ3v) is 4.10. The van der Waals surface area contributed by atoms with Gasteiger partial charge in [-0.05, 0) is 53.7 Å². The third kappa shape index (κ3) is 3.18. The molecule has 1 aromatic carbocycles. The summed E-state index contributed by atoms with van der Waals surface area (Å²) in [6, 6.07) is 7.42. The number of hydrogen-bond donors (Lipinski definition) is 0. The minimum Gasteiger partial charge on any atom is -0.268 e. The lowest BCUT2D eigenvalue weighted by Gasteiger charge is -2.14. The number of benzene rings is 1. The summed E-state index contributed by atoms with van der Waals surface area (Å²) in [5.41, 5.74) is -0.359. The van der Waals surface area contributed by atoms with Gasteiger partial charge in [-0.1, -0.05) is 6.07 Å². The number of anilines is 1. The fraction of sp³-hybridized carbons (Fsp3) is 0.0625. The molecule has 2 heterocycles. The SMILES string of the molecule is O=C1S/C(=C\c2ccncc2)C(=O)N1c1cccc(C(F)(F)F)c1. The molecule has 1 aliphatic heterocycles. The Morgan fingerprint density at radius 1 is 1.08 bits per heavy atom. The zero-order valence-electron chi connectivity index (χ0n) is 11.9. The van der Waals surface area contributed by atoms with E-state index in [1.807, 2.05) is 0 Å². The summed E-state index contributed by atoms with van der Waals surface area (Å²) < 4.78 is 38.4. The second-order valence-electron chi connectivity index (χ2n) is 4.85. The van der Waals surface area contributed by atoms with E-state index in [1.165, 1.54) is 24.5 Å². The van der Waals surface area contributed by atoms with Crippen LogP contribution in [0.4, 0.5) is 23.7 Å². The topological polar surface area (TPSA) is 50.3 Å². The van der Waals surface area contributed by atoms with Crippen LogP contribution in [0.15, 0.2) is 53.7 Å². The number of imide groups is 1. The lowest BCUT2D eigenvalue weighted by Crippen LogP contribution is -2.28. The van der Waals surface area contributed by atoms with Gasteiger partial charge in [0, 0.05) is 12.4 Å². The highest BCUT2D eigenvalue weighted by molar-refractivity contribution is 8.19. The van der Waals surface area contributed by atoms with Crippen LogP contribution in [-0.2, 0) is 11.0 Å². The molecule has 1 aliphatic rings. The Balaban J connectivity index is 1.94. The van der Waals surface area contributed by atoms with E-state index >= 15 is 0 Å². The molecule has 24 heavy (non-hydrogen) atoms. The second kappa shape index (κ2) is 6.12. The van der Waals surface area contributed by atoms with E-state index in [9.17, 15) is 22.8 Å². The van der Waals surface area contributed by atoms with Gasteiger partial charge < -0.3 is 0 Å². The highest BCUT2D eigenvalue weighted by Crippen LogP contribution is 2.38. The van der Waals surface area contributed by atoms with Crippen molar-refractivity contribution in [3.63, 3.8) is 0 Å². The Morgan fingerprint density at radius 2 is 1.79 bits per heavy atom. The molecule has 0 aliphatic carbocycles. The van der Waals surface area contributed by atoms with E-state index < -0.39 is 22.9 Å². The van der Waals surface area contributed by atoms with Gasteiger partial charge in [0.05, 0.1) is 16.2 Å². The molecule has 0 spiro atoms. The third-order valence-electron chi connectivity index (χ3n) is 3.23. The first-order valence-electron chi connectivity index (χ1n) is 6.71. The summed E-state index contributed by atoms with van der Waals surface area (Å²) in [6.45, 7) is 0. The number of alkyl halides is 3. The average Bonchev–Trinajstić information content (AvgIpc) is 2.82. The maximum Gasteiger partial charge on any atom is 0.416 e. The van der Waals surface area contributed by atoms with Crippen LogP contribution in [0.5, 0.6) is 0 Å².